The van der Waals surface area contributed by atoms with Crippen molar-refractivity contribution >= 4 is 35.8 Å². The van der Waals surface area contributed by atoms with Crippen LogP contribution in [0, 0.1) is 0 Å². The molecular formula is C17H29IN4O. The number of benzene rings is 1. The molecular weight excluding hydrogens is 403 g/mol. The first kappa shape index (κ1) is 21.7. The average Bonchev–Trinajstić information content (AvgIpc) is 2.56. The summed E-state index contributed by atoms with van der Waals surface area (Å²) in [6.07, 6.45) is 4.46. The largest absolute Gasteiger partial charge is 0.356 e. The van der Waals surface area contributed by atoms with E-state index in [2.05, 4.69) is 27.9 Å². The van der Waals surface area contributed by atoms with Crippen molar-refractivity contribution in [3.05, 3.63) is 35.4 Å². The van der Waals surface area contributed by atoms with Gasteiger partial charge >= 0.3 is 0 Å². The van der Waals surface area contributed by atoms with Crippen molar-refractivity contribution in [2.24, 2.45) is 4.99 Å². The lowest BCUT2D eigenvalue weighted by Gasteiger charge is -2.12. The second-order valence-corrected chi connectivity index (χ2v) is 5.16. The Bertz CT molecular complexity index is 491. The zero-order valence-corrected chi connectivity index (χ0v) is 16.6. The van der Waals surface area contributed by atoms with Crippen LogP contribution < -0.4 is 16.0 Å². The van der Waals surface area contributed by atoms with Gasteiger partial charge in [-0.25, -0.2) is 0 Å². The summed E-state index contributed by atoms with van der Waals surface area (Å²) in [7, 11) is 3.42. The highest BCUT2D eigenvalue weighted by molar-refractivity contribution is 14.0. The van der Waals surface area contributed by atoms with Gasteiger partial charge in [0, 0.05) is 32.7 Å². The van der Waals surface area contributed by atoms with Crippen molar-refractivity contribution in [2.75, 3.05) is 27.2 Å². The third-order valence-corrected chi connectivity index (χ3v) is 3.42. The normalized spacial score (nSPS) is 10.7. The van der Waals surface area contributed by atoms with Crippen LogP contribution >= 0.6 is 24.0 Å². The molecule has 0 fully saturated rings. The van der Waals surface area contributed by atoms with Crippen molar-refractivity contribution < 1.29 is 4.79 Å². The number of halogens is 1. The highest BCUT2D eigenvalue weighted by Crippen LogP contribution is 2.05. The minimum absolute atomic E-state index is 0. The average molecular weight is 432 g/mol. The van der Waals surface area contributed by atoms with Gasteiger partial charge in [0.1, 0.15) is 0 Å². The van der Waals surface area contributed by atoms with Crippen molar-refractivity contribution in [1.82, 2.24) is 16.0 Å². The summed E-state index contributed by atoms with van der Waals surface area (Å²) in [6.45, 7) is 3.92. The lowest BCUT2D eigenvalue weighted by Crippen LogP contribution is -2.38. The molecule has 0 saturated carbocycles. The van der Waals surface area contributed by atoms with Crippen molar-refractivity contribution in [2.45, 2.75) is 32.6 Å². The van der Waals surface area contributed by atoms with Gasteiger partial charge in [-0.2, -0.15) is 0 Å². The minimum Gasteiger partial charge on any atom is -0.356 e. The van der Waals surface area contributed by atoms with Crippen LogP contribution in [0.5, 0.6) is 0 Å². The Balaban J connectivity index is 0.00000484. The minimum atomic E-state index is -0.0526. The Kier molecular flexibility index (Phi) is 12.4. The SMILES string of the molecule is CCCCCNC(=NC)NCCc1cccc(C(=O)NC)c1.I. The van der Waals surface area contributed by atoms with Crippen molar-refractivity contribution in [3.8, 4) is 0 Å². The number of rotatable bonds is 8. The van der Waals surface area contributed by atoms with Crippen molar-refractivity contribution in [1.29, 1.82) is 0 Å². The van der Waals surface area contributed by atoms with E-state index in [1.54, 1.807) is 14.1 Å². The van der Waals surface area contributed by atoms with Gasteiger partial charge in [-0.3, -0.25) is 9.79 Å². The van der Waals surface area contributed by atoms with E-state index in [1.165, 1.54) is 12.8 Å². The van der Waals surface area contributed by atoms with E-state index in [0.29, 0.717) is 5.56 Å². The Morgan fingerprint density at radius 1 is 1.17 bits per heavy atom. The van der Waals surface area contributed by atoms with Gasteiger partial charge in [0.2, 0.25) is 0 Å². The number of carbonyl (C=O) groups excluding carboxylic acids is 1. The molecule has 1 rings (SSSR count). The molecule has 3 N–H and O–H groups in total. The first-order valence-electron chi connectivity index (χ1n) is 7.96. The van der Waals surface area contributed by atoms with Crippen LogP contribution in [-0.4, -0.2) is 39.1 Å². The number of amides is 1. The number of carbonyl (C=O) groups is 1. The predicted molar refractivity (Wildman–Crippen MR) is 108 cm³/mol. The molecule has 0 bridgehead atoms. The summed E-state index contributed by atoms with van der Waals surface area (Å²) >= 11 is 0. The van der Waals surface area contributed by atoms with E-state index in [0.717, 1.165) is 37.5 Å². The lowest BCUT2D eigenvalue weighted by molar-refractivity contribution is 0.0963. The fraction of sp³-hybridized carbons (Fsp3) is 0.529. The number of nitrogens with zero attached hydrogens (tertiary/aromatic N) is 1. The summed E-state index contributed by atoms with van der Waals surface area (Å²) in [5.74, 6) is 0.779. The maximum absolute atomic E-state index is 11.6. The standard InChI is InChI=1S/C17H28N4O.HI/c1-4-5-6-11-20-17(19-3)21-12-10-14-8-7-9-15(13-14)16(22)18-2;/h7-9,13H,4-6,10-12H2,1-3H3,(H,18,22)(H2,19,20,21);1H. The molecule has 0 aliphatic heterocycles. The molecule has 1 aromatic carbocycles. The zero-order chi connectivity index (χ0) is 16.2. The summed E-state index contributed by atoms with van der Waals surface area (Å²) in [6, 6.07) is 7.70. The molecule has 0 radical (unpaired) electrons. The number of nitrogens with one attached hydrogen (secondary N) is 3. The Morgan fingerprint density at radius 3 is 2.57 bits per heavy atom. The molecule has 5 nitrogen and oxygen atoms in total. The van der Waals surface area contributed by atoms with Gasteiger partial charge in [-0.15, -0.1) is 24.0 Å². The van der Waals surface area contributed by atoms with Gasteiger partial charge in [-0.05, 0) is 30.5 Å². The quantitative estimate of drug-likeness (QED) is 0.256. The van der Waals surface area contributed by atoms with Gasteiger partial charge in [0.25, 0.3) is 5.91 Å². The molecule has 130 valence electrons. The lowest BCUT2D eigenvalue weighted by atomic mass is 10.1. The molecule has 0 aliphatic carbocycles. The molecule has 0 saturated heterocycles. The summed E-state index contributed by atoms with van der Waals surface area (Å²) < 4.78 is 0. The molecule has 0 spiro atoms. The molecule has 0 unspecified atom stereocenters. The maximum atomic E-state index is 11.6. The molecule has 0 aliphatic rings. The van der Waals surface area contributed by atoms with Crippen LogP contribution in [0.3, 0.4) is 0 Å². The Hall–Kier alpha value is -1.31. The number of hydrogen-bond donors (Lipinski definition) is 3. The highest BCUT2D eigenvalue weighted by atomic mass is 127. The predicted octanol–water partition coefficient (Wildman–Crippen LogP) is 2.56. The second-order valence-electron chi connectivity index (χ2n) is 5.16. The number of guanidine groups is 1. The van der Waals surface area contributed by atoms with Gasteiger partial charge < -0.3 is 16.0 Å². The first-order valence-corrected chi connectivity index (χ1v) is 7.96. The summed E-state index contributed by atoms with van der Waals surface area (Å²) in [5, 5.41) is 9.24. The smallest absolute Gasteiger partial charge is 0.251 e. The van der Waals surface area contributed by atoms with Gasteiger partial charge in [0.05, 0.1) is 0 Å². The third-order valence-electron chi connectivity index (χ3n) is 3.42. The molecule has 0 heterocycles. The Morgan fingerprint density at radius 2 is 1.91 bits per heavy atom. The fourth-order valence-electron chi connectivity index (χ4n) is 2.14. The second kappa shape index (κ2) is 13.2. The topological polar surface area (TPSA) is 65.5 Å². The van der Waals surface area contributed by atoms with Crippen LogP contribution in [0.1, 0.15) is 42.1 Å². The number of aliphatic imine (C=N–C) groups is 1. The molecule has 23 heavy (non-hydrogen) atoms. The van der Waals surface area contributed by atoms with Crippen LogP contribution in [0.25, 0.3) is 0 Å². The third kappa shape index (κ3) is 8.78. The molecule has 0 atom stereocenters. The van der Waals surface area contributed by atoms with E-state index < -0.39 is 0 Å². The van der Waals surface area contributed by atoms with Gasteiger partial charge in [-0.1, -0.05) is 31.9 Å². The molecule has 6 heteroatoms. The van der Waals surface area contributed by atoms with Crippen LogP contribution in [-0.2, 0) is 6.42 Å². The van der Waals surface area contributed by atoms with Crippen LogP contribution in [0.2, 0.25) is 0 Å². The number of hydrogen-bond acceptors (Lipinski definition) is 2. The summed E-state index contributed by atoms with van der Waals surface area (Å²) in [5.41, 5.74) is 1.83. The molecule has 0 aromatic heterocycles. The number of unbranched alkanes of at least 4 members (excludes halogenated alkanes) is 2. The first-order chi connectivity index (χ1) is 10.7. The summed E-state index contributed by atoms with van der Waals surface area (Å²) in [4.78, 5) is 15.8. The van der Waals surface area contributed by atoms with E-state index in [4.69, 9.17) is 0 Å². The van der Waals surface area contributed by atoms with E-state index in [-0.39, 0.29) is 29.9 Å². The Labute approximate surface area is 156 Å². The zero-order valence-electron chi connectivity index (χ0n) is 14.3. The van der Waals surface area contributed by atoms with E-state index >= 15 is 0 Å². The van der Waals surface area contributed by atoms with Crippen LogP contribution in [0.4, 0.5) is 0 Å². The monoisotopic (exact) mass is 432 g/mol. The molecule has 1 amide bonds. The van der Waals surface area contributed by atoms with Crippen LogP contribution in [0.15, 0.2) is 29.3 Å². The van der Waals surface area contributed by atoms with Gasteiger partial charge in [0.15, 0.2) is 5.96 Å². The fourth-order valence-corrected chi connectivity index (χ4v) is 2.14. The van der Waals surface area contributed by atoms with E-state index in [9.17, 15) is 4.79 Å². The highest BCUT2D eigenvalue weighted by Gasteiger charge is 2.04. The van der Waals surface area contributed by atoms with Crippen molar-refractivity contribution in [3.63, 3.8) is 0 Å². The molecule has 1 aromatic rings. The maximum Gasteiger partial charge on any atom is 0.251 e. The van der Waals surface area contributed by atoms with E-state index in [1.807, 2.05) is 24.3 Å².